The number of thioether (sulfide) groups is 1. The van der Waals surface area contributed by atoms with Gasteiger partial charge in [0.1, 0.15) is 23.4 Å². The average molecular weight is 830 g/mol. The quantitative estimate of drug-likeness (QED) is 0.0477. The van der Waals surface area contributed by atoms with Gasteiger partial charge in [-0.25, -0.2) is 14.4 Å². The number of aliphatic hydroxyl groups is 2. The molecule has 1 aliphatic heterocycles. The number of ether oxygens (including phenoxy) is 2. The molecule has 58 heavy (non-hydrogen) atoms. The Balaban J connectivity index is 1.13. The van der Waals surface area contributed by atoms with Crippen LogP contribution in [0.2, 0.25) is 0 Å². The molecule has 1 fully saturated rings. The first kappa shape index (κ1) is 43.1. The fourth-order valence-corrected chi connectivity index (χ4v) is 8.95. The van der Waals surface area contributed by atoms with E-state index in [1.54, 1.807) is 0 Å². The highest BCUT2D eigenvalue weighted by atomic mass is 32.2. The summed E-state index contributed by atoms with van der Waals surface area (Å²) in [7, 11) is -4.16. The number of carbonyl (C=O) groups is 1. The van der Waals surface area contributed by atoms with Gasteiger partial charge in [0.05, 0.1) is 25.2 Å². The molecule has 0 aliphatic carbocycles. The molecule has 13 nitrogen and oxygen atoms in total. The second-order valence-electron chi connectivity index (χ2n) is 14.8. The summed E-state index contributed by atoms with van der Waals surface area (Å²) in [5.41, 5.74) is -1.60. The van der Waals surface area contributed by atoms with E-state index >= 15 is 0 Å². The Morgan fingerprint density at radius 1 is 0.862 bits per heavy atom. The number of hydrogen-bond acceptors (Lipinski definition) is 11. The van der Waals surface area contributed by atoms with Crippen LogP contribution >= 0.6 is 19.5 Å². The lowest BCUT2D eigenvalue weighted by atomic mass is 9.79. The van der Waals surface area contributed by atoms with E-state index in [2.05, 4.69) is 10.1 Å². The second-order valence-corrected chi connectivity index (χ2v) is 17.7. The molecule has 0 bridgehead atoms. The summed E-state index contributed by atoms with van der Waals surface area (Å²) in [5.74, 6) is 0.121. The first-order chi connectivity index (χ1) is 27.8. The zero-order chi connectivity index (χ0) is 41.4. The van der Waals surface area contributed by atoms with Crippen molar-refractivity contribution in [3.8, 4) is 0 Å². The first-order valence-electron chi connectivity index (χ1n) is 18.8. The van der Waals surface area contributed by atoms with Gasteiger partial charge >= 0.3 is 13.4 Å². The Kier molecular flexibility index (Phi) is 13.8. The van der Waals surface area contributed by atoms with E-state index in [0.29, 0.717) is 0 Å². The van der Waals surface area contributed by atoms with Crippen molar-refractivity contribution in [2.75, 3.05) is 25.6 Å². The van der Waals surface area contributed by atoms with Gasteiger partial charge in [0.25, 0.3) is 5.56 Å². The lowest BCUT2D eigenvalue weighted by molar-refractivity contribution is -0.124. The van der Waals surface area contributed by atoms with Crippen LogP contribution < -0.4 is 16.3 Å². The number of nitrogens with one attached hydrogen (secondary N) is 2. The smallest absolute Gasteiger partial charge is 0.387 e. The SMILES string of the molecule is CC(C)(COC(c1ccccc1)(c1ccccc1)c1ccccc1)C(=O)SCCOP(=O)(NCc1ccccc1)OC[C@@]1(C)O[C@@H](n2ccc(=O)[nH]c2=O)[C@H](O)[C@@H]1O. The van der Waals surface area contributed by atoms with E-state index in [9.17, 15) is 29.2 Å². The zero-order valence-electron chi connectivity index (χ0n) is 32.4. The Labute approximate surface area is 340 Å². The summed E-state index contributed by atoms with van der Waals surface area (Å²) in [5, 5.41) is 24.5. The Morgan fingerprint density at radius 3 is 1.93 bits per heavy atom. The maximum atomic E-state index is 14.2. The first-order valence-corrected chi connectivity index (χ1v) is 21.3. The molecular formula is C43H48N3O10PS. The lowest BCUT2D eigenvalue weighted by Gasteiger charge is -2.38. The molecule has 0 saturated carbocycles. The van der Waals surface area contributed by atoms with Crippen LogP contribution in [0.5, 0.6) is 0 Å². The number of rotatable bonds is 18. The van der Waals surface area contributed by atoms with Crippen LogP contribution in [0, 0.1) is 5.41 Å². The van der Waals surface area contributed by atoms with Gasteiger partial charge in [-0.15, -0.1) is 0 Å². The van der Waals surface area contributed by atoms with Gasteiger partial charge in [0.15, 0.2) is 11.3 Å². The number of aliphatic hydroxyl groups excluding tert-OH is 2. The maximum Gasteiger partial charge on any atom is 0.405 e. The van der Waals surface area contributed by atoms with Crippen molar-refractivity contribution in [2.45, 2.75) is 57.0 Å². The van der Waals surface area contributed by atoms with Gasteiger partial charge in [-0.3, -0.25) is 28.2 Å². The van der Waals surface area contributed by atoms with Crippen LogP contribution in [0.3, 0.4) is 0 Å². The fraction of sp³-hybridized carbons (Fsp3) is 0.326. The summed E-state index contributed by atoms with van der Waals surface area (Å²) in [6.45, 7) is 4.55. The van der Waals surface area contributed by atoms with Crippen molar-refractivity contribution in [1.29, 1.82) is 0 Å². The van der Waals surface area contributed by atoms with Crippen LogP contribution in [-0.4, -0.2) is 68.3 Å². The number of benzene rings is 4. The van der Waals surface area contributed by atoms with Gasteiger partial charge < -0.3 is 19.7 Å². The molecule has 1 aliphatic rings. The van der Waals surface area contributed by atoms with Gasteiger partial charge in [-0.05, 0) is 43.0 Å². The molecule has 5 atom stereocenters. The highest BCUT2D eigenvalue weighted by molar-refractivity contribution is 8.13. The van der Waals surface area contributed by atoms with Crippen LogP contribution in [0.4, 0.5) is 0 Å². The Bertz CT molecular complexity index is 2180. The largest absolute Gasteiger partial charge is 0.405 e. The second kappa shape index (κ2) is 18.6. The number of hydrogen-bond donors (Lipinski definition) is 4. The van der Waals surface area contributed by atoms with Crippen molar-refractivity contribution in [3.05, 3.63) is 177 Å². The predicted molar refractivity (Wildman–Crippen MR) is 221 cm³/mol. The van der Waals surface area contributed by atoms with Crippen LogP contribution in [0.1, 0.15) is 49.3 Å². The highest BCUT2D eigenvalue weighted by Crippen LogP contribution is 2.48. The lowest BCUT2D eigenvalue weighted by Crippen LogP contribution is -2.44. The summed E-state index contributed by atoms with van der Waals surface area (Å²) in [6.07, 6.45) is -3.41. The summed E-state index contributed by atoms with van der Waals surface area (Å²) in [4.78, 5) is 39.9. The molecule has 15 heteroatoms. The molecule has 1 saturated heterocycles. The van der Waals surface area contributed by atoms with Crippen LogP contribution in [0.25, 0.3) is 0 Å². The molecule has 0 amide bonds. The zero-order valence-corrected chi connectivity index (χ0v) is 34.1. The maximum absolute atomic E-state index is 14.2. The van der Waals surface area contributed by atoms with E-state index in [1.807, 2.05) is 135 Å². The molecular weight excluding hydrogens is 782 g/mol. The third-order valence-corrected chi connectivity index (χ3v) is 12.6. The van der Waals surface area contributed by atoms with Crippen molar-refractivity contribution in [2.24, 2.45) is 5.41 Å². The molecule has 5 aromatic rings. The summed E-state index contributed by atoms with van der Waals surface area (Å²) in [6, 6.07) is 39.9. The van der Waals surface area contributed by atoms with E-state index in [4.69, 9.17) is 18.5 Å². The molecule has 4 aromatic carbocycles. The third-order valence-electron chi connectivity index (χ3n) is 9.92. The van der Waals surface area contributed by atoms with E-state index < -0.39 is 60.7 Å². The Morgan fingerprint density at radius 2 is 1.40 bits per heavy atom. The van der Waals surface area contributed by atoms with Gasteiger partial charge in [0.2, 0.25) is 0 Å². The summed E-state index contributed by atoms with van der Waals surface area (Å²) >= 11 is 1.02. The van der Waals surface area contributed by atoms with E-state index in [-0.39, 0.29) is 30.6 Å². The standard InChI is InChI=1S/C43H48N3O10PS/c1-41(2,29-53-43(32-18-10-5-11-19-32,33-20-12-6-13-21-33)34-22-14-7-15-23-34)39(50)58-27-26-54-57(52,44-28-31-16-8-4-9-17-31)55-30-42(3)37(49)36(48)38(56-42)46-25-24-35(47)45-40(46)51/h4-25,36-38,48-49H,26-30H2,1-3H3,(H,44,52)(H,45,47,51)/t36-,37+,38-,42-,57?/m1/s1. The molecule has 0 radical (unpaired) electrons. The monoisotopic (exact) mass is 829 g/mol. The van der Waals surface area contributed by atoms with Crippen LogP contribution in [-0.2, 0) is 40.0 Å². The van der Waals surface area contributed by atoms with Crippen molar-refractivity contribution >= 4 is 24.6 Å². The number of carbonyl (C=O) groups excluding carboxylic acids is 1. The third kappa shape index (κ3) is 9.86. The van der Waals surface area contributed by atoms with Gasteiger partial charge in [-0.2, -0.15) is 0 Å². The molecule has 0 spiro atoms. The van der Waals surface area contributed by atoms with E-state index in [0.717, 1.165) is 50.8 Å². The minimum atomic E-state index is -4.16. The minimum Gasteiger partial charge on any atom is -0.387 e. The van der Waals surface area contributed by atoms with Gasteiger partial charge in [-0.1, -0.05) is 133 Å². The Hall–Kier alpha value is -4.47. The van der Waals surface area contributed by atoms with Crippen molar-refractivity contribution in [3.63, 3.8) is 0 Å². The topological polar surface area (TPSA) is 178 Å². The number of nitrogens with zero attached hydrogens (tertiary/aromatic N) is 1. The summed E-state index contributed by atoms with van der Waals surface area (Å²) < 4.78 is 39.7. The van der Waals surface area contributed by atoms with Crippen molar-refractivity contribution < 1.29 is 38.1 Å². The number of aromatic nitrogens is 2. The normalized spacial score (nSPS) is 20.7. The van der Waals surface area contributed by atoms with Gasteiger partial charge in [0, 0.05) is 24.6 Å². The molecule has 2 heterocycles. The van der Waals surface area contributed by atoms with Crippen LogP contribution in [0.15, 0.2) is 143 Å². The molecule has 1 unspecified atom stereocenters. The molecule has 1 aromatic heterocycles. The fourth-order valence-electron chi connectivity index (χ4n) is 6.63. The molecule has 6 rings (SSSR count). The highest BCUT2D eigenvalue weighted by Gasteiger charge is 2.53. The molecule has 306 valence electrons. The predicted octanol–water partition coefficient (Wildman–Crippen LogP) is 5.77. The average Bonchev–Trinajstić information content (AvgIpc) is 3.46. The number of H-pyrrole nitrogens is 1. The number of aromatic amines is 1. The van der Waals surface area contributed by atoms with E-state index in [1.165, 1.54) is 6.92 Å². The molecule has 4 N–H and O–H groups in total. The van der Waals surface area contributed by atoms with Crippen molar-refractivity contribution in [1.82, 2.24) is 14.6 Å². The minimum absolute atomic E-state index is 0.0670.